The predicted molar refractivity (Wildman–Crippen MR) is 80.6 cm³/mol. The lowest BCUT2D eigenvalue weighted by molar-refractivity contribution is -0.145. The van der Waals surface area contributed by atoms with Crippen molar-refractivity contribution < 1.29 is 19.1 Å². The Kier molecular flexibility index (Phi) is 3.69. The van der Waals surface area contributed by atoms with E-state index in [0.29, 0.717) is 29.1 Å². The zero-order chi connectivity index (χ0) is 15.9. The fourth-order valence-corrected chi connectivity index (χ4v) is 3.30. The van der Waals surface area contributed by atoms with E-state index in [2.05, 4.69) is 15.6 Å². The van der Waals surface area contributed by atoms with Gasteiger partial charge in [-0.25, -0.2) is 14.2 Å². The van der Waals surface area contributed by atoms with E-state index in [1.165, 1.54) is 17.4 Å². The lowest BCUT2D eigenvalue weighted by atomic mass is 9.80. The van der Waals surface area contributed by atoms with E-state index in [4.69, 9.17) is 5.11 Å². The Bertz CT molecular complexity index is 716. The number of carbonyl (C=O) groups is 2. The molecule has 2 aromatic rings. The van der Waals surface area contributed by atoms with Gasteiger partial charge in [0.2, 0.25) is 0 Å². The number of nitrogens with one attached hydrogen (secondary N) is 2. The van der Waals surface area contributed by atoms with E-state index in [9.17, 15) is 14.0 Å². The first kappa shape index (κ1) is 14.7. The largest absolute Gasteiger partial charge is 0.481 e. The third kappa shape index (κ3) is 2.87. The molecule has 0 radical (unpaired) electrons. The van der Waals surface area contributed by atoms with Crippen molar-refractivity contribution in [3.63, 3.8) is 0 Å². The highest BCUT2D eigenvalue weighted by molar-refractivity contribution is 7.22. The molecular weight excluding hydrogens is 309 g/mol. The molecule has 1 aromatic heterocycles. The van der Waals surface area contributed by atoms with E-state index in [0.717, 1.165) is 4.70 Å². The molecule has 1 saturated carbocycles. The minimum Gasteiger partial charge on any atom is -0.481 e. The maximum absolute atomic E-state index is 13.5. The third-order valence-electron chi connectivity index (χ3n) is 3.71. The number of hydrogen-bond donors (Lipinski definition) is 3. The summed E-state index contributed by atoms with van der Waals surface area (Å²) < 4.78 is 14.3. The Balaban J connectivity index is 1.61. The molecule has 3 rings (SSSR count). The number of aromatic nitrogens is 1. The number of amides is 2. The van der Waals surface area contributed by atoms with Crippen LogP contribution in [0.5, 0.6) is 0 Å². The third-order valence-corrected chi connectivity index (χ3v) is 4.65. The van der Waals surface area contributed by atoms with Crippen LogP contribution >= 0.6 is 11.3 Å². The number of aliphatic carboxylic acids is 1. The number of benzene rings is 1. The van der Waals surface area contributed by atoms with Crippen LogP contribution in [0.25, 0.3) is 10.2 Å². The Morgan fingerprint density at radius 2 is 2.14 bits per heavy atom. The number of urea groups is 1. The quantitative estimate of drug-likeness (QED) is 0.810. The molecular formula is C14H14FN3O3S. The molecule has 0 bridgehead atoms. The van der Waals surface area contributed by atoms with Gasteiger partial charge in [0, 0.05) is 12.1 Å². The van der Waals surface area contributed by atoms with Crippen molar-refractivity contribution in [3.8, 4) is 0 Å². The van der Waals surface area contributed by atoms with Gasteiger partial charge >= 0.3 is 12.0 Å². The van der Waals surface area contributed by atoms with E-state index in [-0.39, 0.29) is 17.8 Å². The number of carboxylic acid groups (broad SMARTS) is 1. The van der Waals surface area contributed by atoms with Gasteiger partial charge in [-0.1, -0.05) is 11.3 Å². The minimum absolute atomic E-state index is 0.129. The molecule has 22 heavy (non-hydrogen) atoms. The average Bonchev–Trinajstić information content (AvgIpc) is 2.74. The van der Waals surface area contributed by atoms with E-state index < -0.39 is 12.0 Å². The minimum atomic E-state index is -0.831. The lowest BCUT2D eigenvalue weighted by Crippen LogP contribution is -2.48. The van der Waals surface area contributed by atoms with Gasteiger partial charge in [0.1, 0.15) is 5.82 Å². The second-order valence-corrected chi connectivity index (χ2v) is 6.42. The van der Waals surface area contributed by atoms with Crippen molar-refractivity contribution in [2.24, 2.45) is 5.92 Å². The Labute approximate surface area is 129 Å². The number of carboxylic acids is 1. The molecule has 116 valence electrons. The van der Waals surface area contributed by atoms with Crippen LogP contribution in [-0.2, 0) is 4.79 Å². The predicted octanol–water partition coefficient (Wildman–Crippen LogP) is 2.73. The van der Waals surface area contributed by atoms with E-state index >= 15 is 0 Å². The van der Waals surface area contributed by atoms with Crippen molar-refractivity contribution in [2.75, 3.05) is 5.32 Å². The number of aryl methyl sites for hydroxylation is 1. The first-order valence-corrected chi connectivity index (χ1v) is 7.61. The second kappa shape index (κ2) is 5.53. The highest BCUT2D eigenvalue weighted by atomic mass is 32.1. The average molecular weight is 323 g/mol. The monoisotopic (exact) mass is 323 g/mol. The summed E-state index contributed by atoms with van der Waals surface area (Å²) in [6.45, 7) is 1.67. The van der Waals surface area contributed by atoms with Gasteiger partial charge in [0.25, 0.3) is 0 Å². The summed E-state index contributed by atoms with van der Waals surface area (Å²) in [5.41, 5.74) is 1.03. The van der Waals surface area contributed by atoms with Gasteiger partial charge in [-0.15, -0.1) is 0 Å². The molecule has 3 N–H and O–H groups in total. The maximum Gasteiger partial charge on any atom is 0.321 e. The number of nitrogens with zero attached hydrogens (tertiary/aromatic N) is 1. The van der Waals surface area contributed by atoms with Crippen LogP contribution < -0.4 is 10.6 Å². The Morgan fingerprint density at radius 3 is 2.82 bits per heavy atom. The van der Waals surface area contributed by atoms with Crippen molar-refractivity contribution >= 4 is 38.7 Å². The van der Waals surface area contributed by atoms with Crippen molar-refractivity contribution in [1.29, 1.82) is 0 Å². The SMILES string of the molecule is Cc1cc2sc(NC(=O)NC3CC(C(=O)O)C3)nc2cc1F. The zero-order valence-electron chi connectivity index (χ0n) is 11.7. The first-order chi connectivity index (χ1) is 10.4. The summed E-state index contributed by atoms with van der Waals surface area (Å²) in [7, 11) is 0. The van der Waals surface area contributed by atoms with Crippen LogP contribution in [0.4, 0.5) is 14.3 Å². The highest BCUT2D eigenvalue weighted by Crippen LogP contribution is 2.29. The molecule has 0 atom stereocenters. The number of carbonyl (C=O) groups excluding carboxylic acids is 1. The summed E-state index contributed by atoms with van der Waals surface area (Å²) >= 11 is 1.26. The maximum atomic E-state index is 13.5. The van der Waals surface area contributed by atoms with Crippen LogP contribution in [-0.4, -0.2) is 28.1 Å². The van der Waals surface area contributed by atoms with Gasteiger partial charge in [0.15, 0.2) is 5.13 Å². The van der Waals surface area contributed by atoms with Crippen LogP contribution in [0, 0.1) is 18.7 Å². The van der Waals surface area contributed by atoms with Gasteiger partial charge in [-0.2, -0.15) is 0 Å². The highest BCUT2D eigenvalue weighted by Gasteiger charge is 2.35. The normalized spacial score (nSPS) is 20.5. The number of thiazole rings is 1. The van der Waals surface area contributed by atoms with Crippen molar-refractivity contribution in [2.45, 2.75) is 25.8 Å². The molecule has 0 spiro atoms. The van der Waals surface area contributed by atoms with Crippen LogP contribution in [0.3, 0.4) is 0 Å². The number of fused-ring (bicyclic) bond motifs is 1. The van der Waals surface area contributed by atoms with Crippen molar-refractivity contribution in [1.82, 2.24) is 10.3 Å². The topological polar surface area (TPSA) is 91.3 Å². The molecule has 1 aliphatic carbocycles. The van der Waals surface area contributed by atoms with E-state index in [1.54, 1.807) is 13.0 Å². The summed E-state index contributed by atoms with van der Waals surface area (Å²) in [5, 5.41) is 14.5. The van der Waals surface area contributed by atoms with E-state index in [1.807, 2.05) is 0 Å². The summed E-state index contributed by atoms with van der Waals surface area (Å²) in [4.78, 5) is 26.7. The molecule has 8 heteroatoms. The summed E-state index contributed by atoms with van der Waals surface area (Å²) in [6.07, 6.45) is 0.875. The second-order valence-electron chi connectivity index (χ2n) is 5.39. The van der Waals surface area contributed by atoms with Crippen LogP contribution in [0.15, 0.2) is 12.1 Å². The molecule has 1 aromatic carbocycles. The fourth-order valence-electron chi connectivity index (χ4n) is 2.36. The lowest BCUT2D eigenvalue weighted by Gasteiger charge is -2.32. The van der Waals surface area contributed by atoms with Gasteiger partial charge < -0.3 is 10.4 Å². The van der Waals surface area contributed by atoms with Crippen molar-refractivity contribution in [3.05, 3.63) is 23.5 Å². The first-order valence-electron chi connectivity index (χ1n) is 6.79. The Hall–Kier alpha value is -2.22. The standard InChI is InChI=1S/C14H14FN3O3S/c1-6-2-11-10(5-9(6)15)17-14(22-11)18-13(21)16-8-3-7(4-8)12(19)20/h2,5,7-8H,3-4H2,1H3,(H,19,20)(H2,16,17,18,21). The summed E-state index contributed by atoms with van der Waals surface area (Å²) in [5.74, 6) is -1.54. The zero-order valence-corrected chi connectivity index (χ0v) is 12.5. The molecule has 1 heterocycles. The molecule has 6 nitrogen and oxygen atoms in total. The van der Waals surface area contributed by atoms with Crippen LogP contribution in [0.1, 0.15) is 18.4 Å². The number of hydrogen-bond acceptors (Lipinski definition) is 4. The fraction of sp³-hybridized carbons (Fsp3) is 0.357. The molecule has 1 fully saturated rings. The molecule has 0 unspecified atom stereocenters. The smallest absolute Gasteiger partial charge is 0.321 e. The van der Waals surface area contributed by atoms with Gasteiger partial charge in [0.05, 0.1) is 16.1 Å². The molecule has 0 saturated heterocycles. The van der Waals surface area contributed by atoms with Crippen LogP contribution in [0.2, 0.25) is 0 Å². The number of rotatable bonds is 3. The number of anilines is 1. The Morgan fingerprint density at radius 1 is 1.41 bits per heavy atom. The van der Waals surface area contributed by atoms with Gasteiger partial charge in [-0.3, -0.25) is 10.1 Å². The molecule has 0 aliphatic heterocycles. The molecule has 1 aliphatic rings. The van der Waals surface area contributed by atoms with Gasteiger partial charge in [-0.05, 0) is 31.4 Å². The molecule has 2 amide bonds. The summed E-state index contributed by atoms with van der Waals surface area (Å²) in [6, 6.07) is 2.47. The number of halogens is 1.